The lowest BCUT2D eigenvalue weighted by molar-refractivity contribution is -0.136. The lowest BCUT2D eigenvalue weighted by Gasteiger charge is -2.29. The summed E-state index contributed by atoms with van der Waals surface area (Å²) in [5.74, 6) is -1.10. The van der Waals surface area contributed by atoms with Crippen molar-refractivity contribution in [2.75, 3.05) is 0 Å². The molecule has 2 aliphatic heterocycles. The summed E-state index contributed by atoms with van der Waals surface area (Å²) in [5, 5.41) is 2.32. The van der Waals surface area contributed by atoms with E-state index in [1.54, 1.807) is 42.1 Å². The number of aromatic nitrogens is 2. The molecule has 32 heavy (non-hydrogen) atoms. The molecule has 1 unspecified atom stereocenters. The van der Waals surface area contributed by atoms with Crippen LogP contribution in [0.2, 0.25) is 5.02 Å². The van der Waals surface area contributed by atoms with E-state index in [-0.39, 0.29) is 29.8 Å². The minimum absolute atomic E-state index is 0.0247. The summed E-state index contributed by atoms with van der Waals surface area (Å²) >= 11 is 5.92. The summed E-state index contributed by atoms with van der Waals surface area (Å²) in [6.45, 7) is 0.275. The van der Waals surface area contributed by atoms with Gasteiger partial charge in [-0.15, -0.1) is 0 Å². The van der Waals surface area contributed by atoms with Crippen molar-refractivity contribution in [1.82, 2.24) is 19.8 Å². The van der Waals surface area contributed by atoms with Gasteiger partial charge in [-0.05, 0) is 36.2 Å². The Kier molecular flexibility index (Phi) is 4.82. The molecule has 3 aromatic rings. The second-order valence-corrected chi connectivity index (χ2v) is 8.34. The van der Waals surface area contributed by atoms with E-state index in [2.05, 4.69) is 10.3 Å². The maximum Gasteiger partial charge on any atom is 0.255 e. The molecule has 1 fully saturated rings. The van der Waals surface area contributed by atoms with Crippen molar-refractivity contribution in [2.45, 2.75) is 25.4 Å². The zero-order chi connectivity index (χ0) is 22.6. The first-order chi connectivity index (χ1) is 15.3. The van der Waals surface area contributed by atoms with Crippen LogP contribution in [0.5, 0.6) is 0 Å². The van der Waals surface area contributed by atoms with Crippen molar-refractivity contribution in [3.05, 3.63) is 64.6 Å². The molecule has 1 saturated heterocycles. The number of piperidine rings is 1. The van der Waals surface area contributed by atoms with Crippen LogP contribution in [-0.4, -0.2) is 38.2 Å². The van der Waals surface area contributed by atoms with Gasteiger partial charge in [0.2, 0.25) is 11.8 Å². The van der Waals surface area contributed by atoms with E-state index in [9.17, 15) is 18.8 Å². The molecule has 3 heterocycles. The SMILES string of the molecule is Cn1cc(-c2ccc3c(c2)CN(C2CCC(=O)NC2=O)C3=O)nc1-c1cccc(Cl)c1F. The van der Waals surface area contributed by atoms with Crippen LogP contribution in [0, 0.1) is 5.82 Å². The lowest BCUT2D eigenvalue weighted by atomic mass is 10.0. The molecule has 1 aromatic heterocycles. The van der Waals surface area contributed by atoms with Crippen LogP contribution >= 0.6 is 11.6 Å². The monoisotopic (exact) mass is 452 g/mol. The van der Waals surface area contributed by atoms with E-state index in [4.69, 9.17) is 11.6 Å². The van der Waals surface area contributed by atoms with Crippen LogP contribution in [0.3, 0.4) is 0 Å². The standard InChI is InChI=1S/C23H18ClFN4O3/c1-28-11-17(26-21(28)15-3-2-4-16(24)20(15)25)12-5-6-14-13(9-12)10-29(23(14)32)18-7-8-19(30)27-22(18)31/h2-6,9,11,18H,7-8,10H2,1H3,(H,27,30,31). The van der Waals surface area contributed by atoms with Crippen molar-refractivity contribution in [3.8, 4) is 22.6 Å². The molecule has 2 aliphatic rings. The fraction of sp³-hybridized carbons (Fsp3) is 0.217. The van der Waals surface area contributed by atoms with E-state index in [1.807, 2.05) is 6.07 Å². The molecule has 2 aromatic carbocycles. The summed E-state index contributed by atoms with van der Waals surface area (Å²) in [4.78, 5) is 42.6. The van der Waals surface area contributed by atoms with Crippen molar-refractivity contribution in [2.24, 2.45) is 7.05 Å². The van der Waals surface area contributed by atoms with Gasteiger partial charge in [0, 0.05) is 37.3 Å². The normalized spacial score (nSPS) is 18.2. The van der Waals surface area contributed by atoms with Gasteiger partial charge in [0.15, 0.2) is 5.82 Å². The zero-order valence-electron chi connectivity index (χ0n) is 17.1. The van der Waals surface area contributed by atoms with Crippen molar-refractivity contribution < 1.29 is 18.8 Å². The highest BCUT2D eigenvalue weighted by Crippen LogP contribution is 2.33. The molecule has 1 atom stereocenters. The van der Waals surface area contributed by atoms with Crippen molar-refractivity contribution in [1.29, 1.82) is 0 Å². The van der Waals surface area contributed by atoms with Crippen molar-refractivity contribution in [3.63, 3.8) is 0 Å². The third-order valence-electron chi connectivity index (χ3n) is 5.89. The van der Waals surface area contributed by atoms with Crippen LogP contribution in [0.1, 0.15) is 28.8 Å². The highest BCUT2D eigenvalue weighted by Gasteiger charge is 2.39. The number of halogens is 2. The smallest absolute Gasteiger partial charge is 0.255 e. The number of carbonyl (C=O) groups is 3. The first-order valence-electron chi connectivity index (χ1n) is 10.1. The number of nitrogens with one attached hydrogen (secondary N) is 1. The number of nitrogens with zero attached hydrogens (tertiary/aromatic N) is 3. The first kappa shape index (κ1) is 20.4. The van der Waals surface area contributed by atoms with Gasteiger partial charge >= 0.3 is 0 Å². The molecule has 0 saturated carbocycles. The summed E-state index contributed by atoms with van der Waals surface area (Å²) in [6.07, 6.45) is 2.30. The van der Waals surface area contributed by atoms with Gasteiger partial charge in [0.05, 0.1) is 16.3 Å². The predicted octanol–water partition coefficient (Wildman–Crippen LogP) is 3.31. The number of hydrogen-bond acceptors (Lipinski definition) is 4. The minimum Gasteiger partial charge on any atom is -0.333 e. The number of amides is 3. The van der Waals surface area contributed by atoms with E-state index >= 15 is 0 Å². The first-order valence-corrected chi connectivity index (χ1v) is 10.5. The maximum absolute atomic E-state index is 14.5. The second kappa shape index (κ2) is 7.56. The number of imide groups is 1. The summed E-state index contributed by atoms with van der Waals surface area (Å²) in [7, 11) is 1.77. The van der Waals surface area contributed by atoms with Crippen LogP contribution in [-0.2, 0) is 23.2 Å². The quantitative estimate of drug-likeness (QED) is 0.618. The molecule has 162 valence electrons. The van der Waals surface area contributed by atoms with E-state index in [0.717, 1.165) is 11.1 Å². The van der Waals surface area contributed by atoms with Crippen LogP contribution in [0.15, 0.2) is 42.6 Å². The Morgan fingerprint density at radius 2 is 1.97 bits per heavy atom. The maximum atomic E-state index is 14.5. The Balaban J connectivity index is 1.46. The molecule has 9 heteroatoms. The Morgan fingerprint density at radius 1 is 1.16 bits per heavy atom. The van der Waals surface area contributed by atoms with Gasteiger partial charge in [-0.1, -0.05) is 23.7 Å². The van der Waals surface area contributed by atoms with Crippen LogP contribution in [0.4, 0.5) is 4.39 Å². The molecule has 3 amide bonds. The summed E-state index contributed by atoms with van der Waals surface area (Å²) < 4.78 is 16.2. The van der Waals surface area contributed by atoms with E-state index in [1.165, 1.54) is 11.0 Å². The molecule has 1 N–H and O–H groups in total. The molecular weight excluding hydrogens is 435 g/mol. The fourth-order valence-electron chi connectivity index (χ4n) is 4.27. The molecule has 5 rings (SSSR count). The third kappa shape index (κ3) is 3.27. The molecule has 0 spiro atoms. The minimum atomic E-state index is -0.664. The van der Waals surface area contributed by atoms with E-state index in [0.29, 0.717) is 29.1 Å². The van der Waals surface area contributed by atoms with Gasteiger partial charge in [0.1, 0.15) is 11.9 Å². The van der Waals surface area contributed by atoms with Gasteiger partial charge in [-0.2, -0.15) is 0 Å². The van der Waals surface area contributed by atoms with Crippen molar-refractivity contribution >= 4 is 29.3 Å². The second-order valence-electron chi connectivity index (χ2n) is 7.93. The highest BCUT2D eigenvalue weighted by atomic mass is 35.5. The summed E-state index contributed by atoms with van der Waals surface area (Å²) in [5.41, 5.74) is 2.99. The number of benzene rings is 2. The Labute approximate surface area is 187 Å². The van der Waals surface area contributed by atoms with Gasteiger partial charge in [-0.3, -0.25) is 19.7 Å². The van der Waals surface area contributed by atoms with Gasteiger partial charge < -0.3 is 9.47 Å². The van der Waals surface area contributed by atoms with Gasteiger partial charge in [-0.25, -0.2) is 9.37 Å². The van der Waals surface area contributed by atoms with Gasteiger partial charge in [0.25, 0.3) is 5.91 Å². The number of carbonyl (C=O) groups excluding carboxylic acids is 3. The number of fused-ring (bicyclic) bond motifs is 1. The predicted molar refractivity (Wildman–Crippen MR) is 115 cm³/mol. The highest BCUT2D eigenvalue weighted by molar-refractivity contribution is 6.31. The number of hydrogen-bond donors (Lipinski definition) is 1. The van der Waals surface area contributed by atoms with Crippen LogP contribution < -0.4 is 5.32 Å². The average Bonchev–Trinajstić information content (AvgIpc) is 3.30. The Hall–Kier alpha value is -3.52. The van der Waals surface area contributed by atoms with E-state index < -0.39 is 17.8 Å². The molecule has 0 aliphatic carbocycles. The average molecular weight is 453 g/mol. The largest absolute Gasteiger partial charge is 0.333 e. The van der Waals surface area contributed by atoms with Crippen LogP contribution in [0.25, 0.3) is 22.6 Å². The zero-order valence-corrected chi connectivity index (χ0v) is 17.8. The molecular formula is C23H18ClFN4O3. The number of rotatable bonds is 3. The lowest BCUT2D eigenvalue weighted by Crippen LogP contribution is -2.52. The molecule has 0 radical (unpaired) electrons. The molecule has 7 nitrogen and oxygen atoms in total. The Morgan fingerprint density at radius 3 is 2.75 bits per heavy atom. The Bertz CT molecular complexity index is 1300. The number of aryl methyl sites for hydroxylation is 1. The topological polar surface area (TPSA) is 84.3 Å². The third-order valence-corrected chi connectivity index (χ3v) is 6.18. The fourth-order valence-corrected chi connectivity index (χ4v) is 4.44. The summed E-state index contributed by atoms with van der Waals surface area (Å²) in [6, 6.07) is 9.46. The number of imidazole rings is 1. The molecule has 0 bridgehead atoms.